The van der Waals surface area contributed by atoms with Crippen LogP contribution in [-0.4, -0.2) is 10.8 Å². The second kappa shape index (κ2) is 8.58. The van der Waals surface area contributed by atoms with Crippen LogP contribution in [-0.2, 0) is 22.3 Å². The molecule has 0 radical (unpaired) electrons. The molecule has 140 valence electrons. The van der Waals surface area contributed by atoms with Crippen LogP contribution in [0.1, 0.15) is 25.0 Å². The molecule has 0 spiro atoms. The average molecular weight is 431 g/mol. The zero-order valence-corrected chi connectivity index (χ0v) is 15.8. The van der Waals surface area contributed by atoms with Crippen molar-refractivity contribution in [2.24, 2.45) is 5.92 Å². The molecule has 0 bridgehead atoms. The summed E-state index contributed by atoms with van der Waals surface area (Å²) in [6, 6.07) is 11.3. The van der Waals surface area contributed by atoms with Gasteiger partial charge in [-0.05, 0) is 41.8 Å². The highest BCUT2D eigenvalue weighted by Crippen LogP contribution is 2.32. The fraction of sp³-hybridized carbons (Fsp3) is 0.316. The van der Waals surface area contributed by atoms with Gasteiger partial charge in [0.1, 0.15) is 22.9 Å². The summed E-state index contributed by atoms with van der Waals surface area (Å²) in [4.78, 5) is 11.5. The monoisotopic (exact) mass is 430 g/mol. The van der Waals surface area contributed by atoms with E-state index in [0.717, 1.165) is 12.1 Å². The molecule has 2 aromatic carbocycles. The second-order valence-corrected chi connectivity index (χ2v) is 7.02. The number of carbonyl (C=O) groups excluding carboxylic acids is 1. The van der Waals surface area contributed by atoms with Gasteiger partial charge in [-0.2, -0.15) is 13.2 Å². The lowest BCUT2D eigenvalue weighted by molar-refractivity contribution is -0.145. The summed E-state index contributed by atoms with van der Waals surface area (Å²) in [5, 5.41) is 0. The van der Waals surface area contributed by atoms with E-state index in [1.54, 1.807) is 24.3 Å². The van der Waals surface area contributed by atoms with Gasteiger partial charge in [0, 0.05) is 0 Å². The Morgan fingerprint density at radius 3 is 2.31 bits per heavy atom. The Balaban J connectivity index is 2.04. The summed E-state index contributed by atoms with van der Waals surface area (Å²) in [6.07, 6.45) is -4.43. The summed E-state index contributed by atoms with van der Waals surface area (Å²) in [6.45, 7) is 3.84. The van der Waals surface area contributed by atoms with Crippen LogP contribution in [0.25, 0.3) is 0 Å². The molecule has 0 aliphatic heterocycles. The van der Waals surface area contributed by atoms with Crippen molar-refractivity contribution in [1.82, 2.24) is 0 Å². The van der Waals surface area contributed by atoms with Gasteiger partial charge < -0.3 is 9.47 Å². The van der Waals surface area contributed by atoms with Crippen molar-refractivity contribution in [2.75, 3.05) is 0 Å². The first-order valence-electron chi connectivity index (χ1n) is 7.91. The summed E-state index contributed by atoms with van der Waals surface area (Å²) in [5.74, 6) is 0.161. The Labute approximate surface area is 158 Å². The molecule has 0 amide bonds. The van der Waals surface area contributed by atoms with Gasteiger partial charge in [-0.25, -0.2) is 0 Å². The highest BCUT2D eigenvalue weighted by atomic mass is 79.9. The van der Waals surface area contributed by atoms with Crippen molar-refractivity contribution in [3.8, 4) is 11.5 Å². The first-order chi connectivity index (χ1) is 12.2. The van der Waals surface area contributed by atoms with Crippen LogP contribution >= 0.6 is 15.9 Å². The fourth-order valence-corrected chi connectivity index (χ4v) is 2.21. The Bertz CT molecular complexity index is 760. The van der Waals surface area contributed by atoms with E-state index in [0.29, 0.717) is 11.3 Å². The first kappa shape index (κ1) is 20.3. The van der Waals surface area contributed by atoms with Crippen LogP contribution in [0.15, 0.2) is 48.5 Å². The van der Waals surface area contributed by atoms with Crippen LogP contribution in [0, 0.1) is 5.92 Å². The van der Waals surface area contributed by atoms with Crippen molar-refractivity contribution < 1.29 is 27.4 Å². The van der Waals surface area contributed by atoms with Gasteiger partial charge in [0.15, 0.2) is 0 Å². The third-order valence-corrected chi connectivity index (χ3v) is 4.92. The van der Waals surface area contributed by atoms with Crippen molar-refractivity contribution in [2.45, 2.75) is 31.5 Å². The van der Waals surface area contributed by atoms with E-state index < -0.39 is 16.6 Å². The number of carbonyl (C=O) groups is 1. The molecule has 0 saturated heterocycles. The van der Waals surface area contributed by atoms with Crippen LogP contribution in [0.5, 0.6) is 11.5 Å². The van der Waals surface area contributed by atoms with Gasteiger partial charge >= 0.3 is 12.1 Å². The molecule has 0 heterocycles. The van der Waals surface area contributed by atoms with Crippen molar-refractivity contribution in [1.29, 1.82) is 0 Å². The van der Waals surface area contributed by atoms with E-state index >= 15 is 0 Å². The predicted molar refractivity (Wildman–Crippen MR) is 95.3 cm³/mol. The maximum absolute atomic E-state index is 12.8. The third kappa shape index (κ3) is 5.76. The molecule has 2 rings (SSSR count). The molecule has 0 aliphatic carbocycles. The van der Waals surface area contributed by atoms with E-state index in [-0.39, 0.29) is 24.2 Å². The molecule has 0 aliphatic rings. The van der Waals surface area contributed by atoms with Crippen molar-refractivity contribution >= 4 is 21.9 Å². The molecule has 0 aromatic heterocycles. The summed E-state index contributed by atoms with van der Waals surface area (Å²) >= 11 is 3.27. The lowest BCUT2D eigenvalue weighted by Gasteiger charge is -2.13. The largest absolute Gasteiger partial charge is 0.460 e. The van der Waals surface area contributed by atoms with Gasteiger partial charge in [-0.3, -0.25) is 4.79 Å². The summed E-state index contributed by atoms with van der Waals surface area (Å²) in [5.41, 5.74) is -0.108. The van der Waals surface area contributed by atoms with E-state index in [4.69, 9.17) is 9.47 Å². The summed E-state index contributed by atoms with van der Waals surface area (Å²) in [7, 11) is 0. The number of hydrogen-bond donors (Lipinski definition) is 0. The maximum atomic E-state index is 12.8. The topological polar surface area (TPSA) is 35.5 Å². The molecular formula is C19H18BrF3O3. The van der Waals surface area contributed by atoms with Gasteiger partial charge in [-0.15, -0.1) is 0 Å². The molecule has 26 heavy (non-hydrogen) atoms. The quantitative estimate of drug-likeness (QED) is 0.418. The Morgan fingerprint density at radius 1 is 1.08 bits per heavy atom. The molecule has 1 unspecified atom stereocenters. The number of esters is 1. The first-order valence-corrected chi connectivity index (χ1v) is 8.83. The number of rotatable bonds is 6. The molecule has 3 nitrogen and oxygen atoms in total. The Hall–Kier alpha value is -2.02. The smallest absolute Gasteiger partial charge is 0.416 e. The normalized spacial score (nSPS) is 12.7. The van der Waals surface area contributed by atoms with Crippen molar-refractivity contribution in [3.05, 3.63) is 59.7 Å². The number of benzene rings is 2. The molecule has 0 N–H and O–H groups in total. The number of alkyl halides is 4. The molecule has 2 aromatic rings. The predicted octanol–water partition coefficient (Wildman–Crippen LogP) is 5.96. The van der Waals surface area contributed by atoms with E-state index in [1.807, 2.05) is 13.8 Å². The number of ether oxygens (including phenoxy) is 2. The minimum absolute atomic E-state index is 0.0491. The van der Waals surface area contributed by atoms with E-state index in [9.17, 15) is 18.0 Å². The maximum Gasteiger partial charge on any atom is 0.416 e. The Kier molecular flexibility index (Phi) is 6.69. The minimum Gasteiger partial charge on any atom is -0.460 e. The van der Waals surface area contributed by atoms with E-state index in [2.05, 4.69) is 15.9 Å². The minimum atomic E-state index is -4.43. The standard InChI is InChI=1S/C19H18BrF3O3/c1-12(2)17(20)18(24)25-11-13-5-3-7-15(9-13)26-16-8-4-6-14(10-16)19(21,22)23/h3-10,12,17H,11H2,1-2H3. The van der Waals surface area contributed by atoms with Gasteiger partial charge in [-0.1, -0.05) is 48.0 Å². The van der Waals surface area contributed by atoms with Crippen LogP contribution < -0.4 is 4.74 Å². The van der Waals surface area contributed by atoms with Gasteiger partial charge in [0.25, 0.3) is 0 Å². The molecule has 0 saturated carbocycles. The number of halogens is 4. The molecule has 1 atom stereocenters. The summed E-state index contributed by atoms with van der Waals surface area (Å²) < 4.78 is 49.0. The highest BCUT2D eigenvalue weighted by molar-refractivity contribution is 9.10. The van der Waals surface area contributed by atoms with Gasteiger partial charge in [0.05, 0.1) is 5.56 Å². The SMILES string of the molecule is CC(C)C(Br)C(=O)OCc1cccc(Oc2cccc(C(F)(F)F)c2)c1. The molecule has 7 heteroatoms. The lowest BCUT2D eigenvalue weighted by atomic mass is 10.1. The average Bonchev–Trinajstić information content (AvgIpc) is 2.58. The van der Waals surface area contributed by atoms with E-state index in [1.165, 1.54) is 12.1 Å². The van der Waals surface area contributed by atoms with Crippen LogP contribution in [0.4, 0.5) is 13.2 Å². The Morgan fingerprint density at radius 2 is 1.69 bits per heavy atom. The third-order valence-electron chi connectivity index (χ3n) is 3.49. The van der Waals surface area contributed by atoms with Crippen LogP contribution in [0.2, 0.25) is 0 Å². The molecular weight excluding hydrogens is 413 g/mol. The van der Waals surface area contributed by atoms with Crippen LogP contribution in [0.3, 0.4) is 0 Å². The fourth-order valence-electron chi connectivity index (χ4n) is 2.08. The van der Waals surface area contributed by atoms with Gasteiger partial charge in [0.2, 0.25) is 0 Å². The highest BCUT2D eigenvalue weighted by Gasteiger charge is 2.30. The molecule has 0 fully saturated rings. The second-order valence-electron chi connectivity index (χ2n) is 6.03. The van der Waals surface area contributed by atoms with Crippen molar-refractivity contribution in [3.63, 3.8) is 0 Å². The zero-order chi connectivity index (χ0) is 19.3. The zero-order valence-electron chi connectivity index (χ0n) is 14.2. The number of hydrogen-bond acceptors (Lipinski definition) is 3. The lowest BCUT2D eigenvalue weighted by Crippen LogP contribution is -2.22.